The van der Waals surface area contributed by atoms with E-state index in [1.165, 1.54) is 11.8 Å². The van der Waals surface area contributed by atoms with Crippen molar-refractivity contribution in [3.63, 3.8) is 0 Å². The summed E-state index contributed by atoms with van der Waals surface area (Å²) >= 11 is 1.51. The molecule has 1 aliphatic rings. The Bertz CT molecular complexity index is 1080. The third-order valence-electron chi connectivity index (χ3n) is 5.34. The number of nitrogens with one attached hydrogen (secondary N) is 1. The van der Waals surface area contributed by atoms with Crippen molar-refractivity contribution in [3.8, 4) is 0 Å². The van der Waals surface area contributed by atoms with Crippen molar-refractivity contribution >= 4 is 17.7 Å². The highest BCUT2D eigenvalue weighted by molar-refractivity contribution is 7.98. The quantitative estimate of drug-likeness (QED) is 0.466. The number of fused-ring (bicyclic) bond motifs is 1. The summed E-state index contributed by atoms with van der Waals surface area (Å²) in [6.07, 6.45) is 2.52. The van der Waals surface area contributed by atoms with Crippen LogP contribution in [0.2, 0.25) is 0 Å². The Labute approximate surface area is 180 Å². The third-order valence-corrected chi connectivity index (χ3v) is 6.39. The Morgan fingerprint density at radius 1 is 1.10 bits per heavy atom. The van der Waals surface area contributed by atoms with Crippen LogP contribution in [0.4, 0.5) is 0 Å². The molecule has 4 rings (SSSR count). The van der Waals surface area contributed by atoms with Gasteiger partial charge in [-0.1, -0.05) is 72.4 Å². The van der Waals surface area contributed by atoms with E-state index in [2.05, 4.69) is 17.4 Å². The lowest BCUT2D eigenvalue weighted by molar-refractivity contribution is -0.122. The number of aromatic nitrogens is 2. The van der Waals surface area contributed by atoms with Crippen molar-refractivity contribution < 1.29 is 4.79 Å². The first-order chi connectivity index (χ1) is 14.6. The van der Waals surface area contributed by atoms with E-state index < -0.39 is 0 Å². The highest BCUT2D eigenvalue weighted by atomic mass is 32.2. The molecule has 2 aromatic carbocycles. The van der Waals surface area contributed by atoms with Crippen LogP contribution in [-0.4, -0.2) is 15.5 Å². The first-order valence-electron chi connectivity index (χ1n) is 10.3. The Hall–Kier alpha value is -2.86. The smallest absolute Gasteiger partial charge is 0.258 e. The van der Waals surface area contributed by atoms with E-state index in [-0.39, 0.29) is 24.1 Å². The number of thioether (sulfide) groups is 1. The predicted molar refractivity (Wildman–Crippen MR) is 120 cm³/mol. The van der Waals surface area contributed by atoms with E-state index in [9.17, 15) is 9.59 Å². The Kier molecular flexibility index (Phi) is 6.33. The van der Waals surface area contributed by atoms with Crippen LogP contribution in [-0.2, 0) is 29.9 Å². The number of hydrogen-bond acceptors (Lipinski definition) is 4. The molecule has 1 aliphatic carbocycles. The molecule has 0 spiro atoms. The zero-order valence-electron chi connectivity index (χ0n) is 17.0. The van der Waals surface area contributed by atoms with Crippen LogP contribution in [0.1, 0.15) is 41.8 Å². The molecule has 1 N–H and O–H groups in total. The van der Waals surface area contributed by atoms with Gasteiger partial charge in [0.25, 0.3) is 5.56 Å². The SMILES string of the molecule is C[C@@H](NC(=O)Cn1c(SCc2ccccc2)nc2c(c1=O)CCC2)c1ccccc1. The molecule has 154 valence electrons. The molecule has 1 atom stereocenters. The Morgan fingerprint density at radius 2 is 1.80 bits per heavy atom. The van der Waals surface area contributed by atoms with Crippen LogP contribution in [0.15, 0.2) is 70.6 Å². The lowest BCUT2D eigenvalue weighted by Gasteiger charge is -2.17. The monoisotopic (exact) mass is 419 g/mol. The van der Waals surface area contributed by atoms with Gasteiger partial charge in [-0.15, -0.1) is 0 Å². The topological polar surface area (TPSA) is 64.0 Å². The molecule has 30 heavy (non-hydrogen) atoms. The van der Waals surface area contributed by atoms with Crippen molar-refractivity contribution in [2.45, 2.75) is 49.7 Å². The lowest BCUT2D eigenvalue weighted by atomic mass is 10.1. The van der Waals surface area contributed by atoms with Crippen LogP contribution in [0.3, 0.4) is 0 Å². The van der Waals surface area contributed by atoms with Crippen molar-refractivity contribution in [1.82, 2.24) is 14.9 Å². The summed E-state index contributed by atoms with van der Waals surface area (Å²) in [7, 11) is 0. The molecule has 1 heterocycles. The van der Waals surface area contributed by atoms with Crippen LogP contribution in [0.5, 0.6) is 0 Å². The van der Waals surface area contributed by atoms with Crippen molar-refractivity contribution in [3.05, 3.63) is 93.4 Å². The standard InChI is InChI=1S/C24H25N3O2S/c1-17(19-11-6-3-7-12-19)25-22(28)15-27-23(29)20-13-8-14-21(20)26-24(27)30-16-18-9-4-2-5-10-18/h2-7,9-12,17H,8,13-16H2,1H3,(H,25,28)/t17-/m1/s1. The summed E-state index contributed by atoms with van der Waals surface area (Å²) in [6, 6.07) is 19.8. The number of carbonyl (C=O) groups is 1. The van der Waals surface area contributed by atoms with Crippen molar-refractivity contribution in [2.75, 3.05) is 0 Å². The second-order valence-corrected chi connectivity index (χ2v) is 8.48. The van der Waals surface area contributed by atoms with Gasteiger partial charge in [-0.25, -0.2) is 4.98 Å². The molecule has 1 amide bonds. The van der Waals surface area contributed by atoms with Gasteiger partial charge < -0.3 is 5.32 Å². The van der Waals surface area contributed by atoms with Gasteiger partial charge >= 0.3 is 0 Å². The third kappa shape index (κ3) is 4.65. The van der Waals surface area contributed by atoms with E-state index >= 15 is 0 Å². The summed E-state index contributed by atoms with van der Waals surface area (Å²) in [5.41, 5.74) is 3.78. The molecule has 0 saturated carbocycles. The summed E-state index contributed by atoms with van der Waals surface area (Å²) in [5.74, 6) is 0.517. The number of amides is 1. The van der Waals surface area contributed by atoms with Crippen molar-refractivity contribution in [2.24, 2.45) is 0 Å². The minimum Gasteiger partial charge on any atom is -0.348 e. The zero-order chi connectivity index (χ0) is 20.9. The molecule has 0 aliphatic heterocycles. The van der Waals surface area contributed by atoms with E-state index in [1.54, 1.807) is 4.57 Å². The summed E-state index contributed by atoms with van der Waals surface area (Å²) in [4.78, 5) is 30.6. The maximum Gasteiger partial charge on any atom is 0.258 e. The molecule has 3 aromatic rings. The first-order valence-corrected chi connectivity index (χ1v) is 11.2. The van der Waals surface area contributed by atoms with Crippen LogP contribution in [0.25, 0.3) is 0 Å². The maximum absolute atomic E-state index is 13.1. The van der Waals surface area contributed by atoms with Gasteiger partial charge in [-0.3, -0.25) is 14.2 Å². The first kappa shape index (κ1) is 20.4. The Balaban J connectivity index is 1.55. The molecule has 5 nitrogen and oxygen atoms in total. The van der Waals surface area contributed by atoms with E-state index in [0.29, 0.717) is 10.9 Å². The number of rotatable bonds is 7. The molecular weight excluding hydrogens is 394 g/mol. The molecule has 0 unspecified atom stereocenters. The summed E-state index contributed by atoms with van der Waals surface area (Å²) < 4.78 is 1.55. The van der Waals surface area contributed by atoms with E-state index in [4.69, 9.17) is 4.98 Å². The van der Waals surface area contributed by atoms with Gasteiger partial charge in [0, 0.05) is 11.3 Å². The average Bonchev–Trinajstić information content (AvgIpc) is 3.24. The fourth-order valence-electron chi connectivity index (χ4n) is 3.73. The second-order valence-electron chi connectivity index (χ2n) is 7.54. The molecule has 1 aromatic heterocycles. The van der Waals surface area contributed by atoms with Gasteiger partial charge in [-0.2, -0.15) is 0 Å². The van der Waals surface area contributed by atoms with Crippen LogP contribution < -0.4 is 10.9 Å². The number of aryl methyl sites for hydroxylation is 1. The van der Waals surface area contributed by atoms with Gasteiger partial charge in [0.1, 0.15) is 6.54 Å². The highest BCUT2D eigenvalue weighted by Crippen LogP contribution is 2.24. The maximum atomic E-state index is 13.1. The van der Waals surface area contributed by atoms with Crippen LogP contribution in [0, 0.1) is 0 Å². The van der Waals surface area contributed by atoms with E-state index in [1.807, 2.05) is 55.5 Å². The molecular formula is C24H25N3O2S. The molecule has 0 fully saturated rings. The fourth-order valence-corrected chi connectivity index (χ4v) is 4.70. The Morgan fingerprint density at radius 3 is 2.53 bits per heavy atom. The number of carbonyl (C=O) groups excluding carboxylic acids is 1. The minimum absolute atomic E-state index is 0.0204. The summed E-state index contributed by atoms with van der Waals surface area (Å²) in [6.45, 7) is 1.93. The largest absolute Gasteiger partial charge is 0.348 e. The molecule has 6 heteroatoms. The average molecular weight is 420 g/mol. The van der Waals surface area contributed by atoms with Gasteiger partial charge in [-0.05, 0) is 37.3 Å². The van der Waals surface area contributed by atoms with Crippen molar-refractivity contribution in [1.29, 1.82) is 0 Å². The van der Waals surface area contributed by atoms with E-state index in [0.717, 1.165) is 41.6 Å². The minimum atomic E-state index is -0.185. The fraction of sp³-hybridized carbons (Fsp3) is 0.292. The van der Waals surface area contributed by atoms with Gasteiger partial charge in [0.05, 0.1) is 11.7 Å². The van der Waals surface area contributed by atoms with Gasteiger partial charge in [0.15, 0.2) is 5.16 Å². The normalized spacial score (nSPS) is 13.6. The lowest BCUT2D eigenvalue weighted by Crippen LogP contribution is -2.36. The number of hydrogen-bond donors (Lipinski definition) is 1. The highest BCUT2D eigenvalue weighted by Gasteiger charge is 2.22. The zero-order valence-corrected chi connectivity index (χ0v) is 17.8. The predicted octanol–water partition coefficient (Wildman–Crippen LogP) is 3.90. The summed E-state index contributed by atoms with van der Waals surface area (Å²) in [5, 5.41) is 3.62. The van der Waals surface area contributed by atoms with Gasteiger partial charge in [0.2, 0.25) is 5.91 Å². The van der Waals surface area contributed by atoms with Crippen LogP contribution >= 0.6 is 11.8 Å². The number of benzene rings is 2. The molecule has 0 saturated heterocycles. The number of nitrogens with zero attached hydrogens (tertiary/aromatic N) is 2. The molecule has 0 radical (unpaired) electrons. The second kappa shape index (κ2) is 9.30. The molecule has 0 bridgehead atoms.